The van der Waals surface area contributed by atoms with Gasteiger partial charge in [0.1, 0.15) is 17.3 Å². The molecule has 0 aliphatic heterocycles. The van der Waals surface area contributed by atoms with Crippen LogP contribution in [0.5, 0.6) is 11.5 Å². The zero-order valence-electron chi connectivity index (χ0n) is 18.2. The van der Waals surface area contributed by atoms with Crippen LogP contribution in [0.25, 0.3) is 22.5 Å². The summed E-state index contributed by atoms with van der Waals surface area (Å²) in [5.74, 6) is 1.63. The van der Waals surface area contributed by atoms with Gasteiger partial charge in [0.05, 0.1) is 29.1 Å². The summed E-state index contributed by atoms with van der Waals surface area (Å²) in [6.45, 7) is 4.82. The molecule has 0 aliphatic rings. The first-order chi connectivity index (χ1) is 15.4. The summed E-state index contributed by atoms with van der Waals surface area (Å²) in [7, 11) is 1.66. The number of nitrogens with zero attached hydrogens (tertiary/aromatic N) is 2. The van der Waals surface area contributed by atoms with Crippen molar-refractivity contribution in [2.24, 2.45) is 0 Å². The summed E-state index contributed by atoms with van der Waals surface area (Å²) >= 11 is 6.02. The molecule has 32 heavy (non-hydrogen) atoms. The maximum Gasteiger partial charge on any atom is 0.134 e. The van der Waals surface area contributed by atoms with Crippen LogP contribution in [0, 0.1) is 0 Å². The normalized spacial score (nSPS) is 11.5. The van der Waals surface area contributed by atoms with Gasteiger partial charge in [-0.15, -0.1) is 0 Å². The maximum atomic E-state index is 10.1. The highest BCUT2D eigenvalue weighted by Gasteiger charge is 2.26. The molecule has 0 bridgehead atoms. The van der Waals surface area contributed by atoms with Crippen LogP contribution in [0.15, 0.2) is 67.0 Å². The summed E-state index contributed by atoms with van der Waals surface area (Å²) in [5.41, 5.74) is 4.00. The van der Waals surface area contributed by atoms with Crippen molar-refractivity contribution < 1.29 is 9.84 Å². The fourth-order valence-electron chi connectivity index (χ4n) is 3.42. The number of phenols is 1. The van der Waals surface area contributed by atoms with Crippen molar-refractivity contribution in [1.29, 1.82) is 0 Å². The molecule has 164 valence electrons. The molecule has 7 heteroatoms. The van der Waals surface area contributed by atoms with E-state index in [0.29, 0.717) is 11.6 Å². The smallest absolute Gasteiger partial charge is 0.134 e. The van der Waals surface area contributed by atoms with Crippen molar-refractivity contribution in [3.05, 3.63) is 83.4 Å². The van der Waals surface area contributed by atoms with Crippen molar-refractivity contribution in [2.45, 2.75) is 25.9 Å². The minimum atomic E-state index is -0.450. The molecular weight excluding hydrogens is 424 g/mol. The highest BCUT2D eigenvalue weighted by Crippen LogP contribution is 2.36. The van der Waals surface area contributed by atoms with Gasteiger partial charge in [0.15, 0.2) is 0 Å². The molecule has 2 aromatic heterocycles. The largest absolute Gasteiger partial charge is 0.506 e. The molecule has 4 aromatic rings. The highest BCUT2D eigenvalue weighted by molar-refractivity contribution is 6.32. The maximum absolute atomic E-state index is 10.1. The second kappa shape index (κ2) is 9.02. The Morgan fingerprint density at radius 1 is 1.03 bits per heavy atom. The van der Waals surface area contributed by atoms with E-state index in [9.17, 15) is 5.11 Å². The Hall–Kier alpha value is -3.35. The van der Waals surface area contributed by atoms with E-state index in [1.54, 1.807) is 31.6 Å². The van der Waals surface area contributed by atoms with E-state index in [2.05, 4.69) is 29.1 Å². The van der Waals surface area contributed by atoms with Gasteiger partial charge in [-0.3, -0.25) is 4.98 Å². The van der Waals surface area contributed by atoms with Crippen LogP contribution < -0.4 is 10.1 Å². The second-order valence-corrected chi connectivity index (χ2v) is 8.44. The number of H-pyrrole nitrogens is 1. The van der Waals surface area contributed by atoms with Gasteiger partial charge >= 0.3 is 0 Å². The highest BCUT2D eigenvalue weighted by atomic mass is 35.5. The zero-order valence-corrected chi connectivity index (χ0v) is 18.9. The van der Waals surface area contributed by atoms with Gasteiger partial charge in [-0.25, -0.2) is 4.98 Å². The molecule has 0 spiro atoms. The Balaban J connectivity index is 1.68. The Morgan fingerprint density at radius 3 is 2.41 bits per heavy atom. The van der Waals surface area contributed by atoms with Crippen LogP contribution in [0.3, 0.4) is 0 Å². The lowest BCUT2D eigenvalue weighted by atomic mass is 10.0. The summed E-state index contributed by atoms with van der Waals surface area (Å²) in [6, 6.07) is 17.0. The second-order valence-electron chi connectivity index (χ2n) is 8.04. The van der Waals surface area contributed by atoms with E-state index in [1.807, 2.05) is 42.5 Å². The van der Waals surface area contributed by atoms with E-state index in [1.165, 1.54) is 0 Å². The van der Waals surface area contributed by atoms with E-state index < -0.39 is 5.54 Å². The van der Waals surface area contributed by atoms with Gasteiger partial charge in [0, 0.05) is 30.1 Å². The first-order valence-electron chi connectivity index (χ1n) is 10.2. The van der Waals surface area contributed by atoms with Crippen LogP contribution in [-0.2, 0) is 12.1 Å². The fourth-order valence-corrected chi connectivity index (χ4v) is 3.53. The molecule has 0 aliphatic carbocycles. The van der Waals surface area contributed by atoms with Gasteiger partial charge in [0.2, 0.25) is 0 Å². The summed E-state index contributed by atoms with van der Waals surface area (Å²) in [4.78, 5) is 12.5. The number of pyridine rings is 1. The molecule has 0 saturated carbocycles. The van der Waals surface area contributed by atoms with Gasteiger partial charge < -0.3 is 20.1 Å². The number of imidazole rings is 1. The quantitative estimate of drug-likeness (QED) is 0.346. The van der Waals surface area contributed by atoms with Crippen LogP contribution in [0.1, 0.15) is 25.2 Å². The molecule has 0 fully saturated rings. The van der Waals surface area contributed by atoms with Gasteiger partial charge in [-0.2, -0.15) is 0 Å². The summed E-state index contributed by atoms with van der Waals surface area (Å²) in [6.07, 6.45) is 3.48. The first kappa shape index (κ1) is 21.9. The third kappa shape index (κ3) is 4.61. The Morgan fingerprint density at radius 2 is 1.75 bits per heavy atom. The molecule has 4 rings (SSSR count). The monoisotopic (exact) mass is 448 g/mol. The van der Waals surface area contributed by atoms with Crippen molar-refractivity contribution in [3.63, 3.8) is 0 Å². The number of nitrogens with one attached hydrogen (secondary N) is 2. The number of hydrogen-bond donors (Lipinski definition) is 3. The average Bonchev–Trinajstić information content (AvgIpc) is 3.27. The average molecular weight is 449 g/mol. The molecule has 2 aromatic carbocycles. The lowest BCUT2D eigenvalue weighted by Crippen LogP contribution is -2.37. The van der Waals surface area contributed by atoms with E-state index >= 15 is 0 Å². The predicted molar refractivity (Wildman–Crippen MR) is 127 cm³/mol. The minimum Gasteiger partial charge on any atom is -0.506 e. The number of aromatic nitrogens is 3. The predicted octanol–water partition coefficient (Wildman–Crippen LogP) is 5.53. The molecule has 0 radical (unpaired) electrons. The van der Waals surface area contributed by atoms with E-state index in [0.717, 1.165) is 39.7 Å². The SMILES string of the molecule is COc1ccc(CNC(C)(C)c2nc(-c3ccc(Cl)c(O)c3)c(-c3ccncc3)[nH]2)cc1. The lowest BCUT2D eigenvalue weighted by Gasteiger charge is -2.24. The number of halogens is 1. The third-order valence-corrected chi connectivity index (χ3v) is 5.70. The number of rotatable bonds is 7. The number of aromatic amines is 1. The molecule has 0 saturated heterocycles. The van der Waals surface area contributed by atoms with E-state index in [-0.39, 0.29) is 5.75 Å². The molecule has 6 nitrogen and oxygen atoms in total. The number of hydrogen-bond acceptors (Lipinski definition) is 5. The molecule has 0 unspecified atom stereocenters. The van der Waals surface area contributed by atoms with Crippen LogP contribution in [0.4, 0.5) is 0 Å². The van der Waals surface area contributed by atoms with Crippen molar-refractivity contribution in [2.75, 3.05) is 7.11 Å². The number of methoxy groups -OCH3 is 1. The third-order valence-electron chi connectivity index (χ3n) is 5.38. The van der Waals surface area contributed by atoms with Crippen molar-refractivity contribution in [3.8, 4) is 34.0 Å². The summed E-state index contributed by atoms with van der Waals surface area (Å²) in [5, 5.41) is 14.0. The zero-order chi connectivity index (χ0) is 22.7. The molecule has 3 N–H and O–H groups in total. The lowest BCUT2D eigenvalue weighted by molar-refractivity contribution is 0.381. The van der Waals surface area contributed by atoms with Gasteiger partial charge in [-0.1, -0.05) is 29.8 Å². The molecule has 0 atom stereocenters. The number of aromatic hydroxyl groups is 1. The van der Waals surface area contributed by atoms with Crippen LogP contribution in [-0.4, -0.2) is 27.2 Å². The minimum absolute atomic E-state index is 0.0197. The van der Waals surface area contributed by atoms with Crippen molar-refractivity contribution in [1.82, 2.24) is 20.3 Å². The topological polar surface area (TPSA) is 83.1 Å². The van der Waals surface area contributed by atoms with Crippen LogP contribution >= 0.6 is 11.6 Å². The standard InChI is InChI=1S/C25H25ClN4O2/c1-25(2,28-15-16-4-7-19(32-3)8-5-16)24-29-22(17-10-12-27-13-11-17)23(30-24)18-6-9-20(26)21(31)14-18/h4-14,28,31H,15H2,1-3H3,(H,29,30). The first-order valence-corrected chi connectivity index (χ1v) is 10.6. The number of benzene rings is 2. The van der Waals surface area contributed by atoms with E-state index in [4.69, 9.17) is 21.3 Å². The van der Waals surface area contributed by atoms with Gasteiger partial charge in [0.25, 0.3) is 0 Å². The molecule has 0 amide bonds. The number of phenolic OH excluding ortho intramolecular Hbond substituents is 1. The molecular formula is C25H25ClN4O2. The Bertz CT molecular complexity index is 1200. The van der Waals surface area contributed by atoms with Gasteiger partial charge in [-0.05, 0) is 55.8 Å². The Kier molecular flexibility index (Phi) is 6.17. The number of ether oxygens (including phenoxy) is 1. The molecule has 2 heterocycles. The summed E-state index contributed by atoms with van der Waals surface area (Å²) < 4.78 is 5.23. The van der Waals surface area contributed by atoms with Crippen molar-refractivity contribution >= 4 is 11.6 Å². The fraction of sp³-hybridized carbons (Fsp3) is 0.200. The Labute approximate surface area is 192 Å². The van der Waals surface area contributed by atoms with Crippen LogP contribution in [0.2, 0.25) is 5.02 Å².